The van der Waals surface area contributed by atoms with Gasteiger partial charge >= 0.3 is 12.4 Å². The lowest BCUT2D eigenvalue weighted by atomic mass is 10.0. The van der Waals surface area contributed by atoms with Crippen LogP contribution in [0.25, 0.3) is 0 Å². The Bertz CT molecular complexity index is 1040. The first-order valence-electron chi connectivity index (χ1n) is 8.80. The molecular formula is C19H13F6N3O3S. The zero-order valence-electron chi connectivity index (χ0n) is 15.7. The number of hydrazine groups is 1. The molecule has 2 aromatic rings. The summed E-state index contributed by atoms with van der Waals surface area (Å²) in [6.45, 7) is 0. The summed E-state index contributed by atoms with van der Waals surface area (Å²) in [6, 6.07) is 7.17. The first kappa shape index (κ1) is 23.4. The molecule has 0 fully saturated rings. The number of para-hydroxylation sites is 1. The molecule has 32 heavy (non-hydrogen) atoms. The van der Waals surface area contributed by atoms with Crippen molar-refractivity contribution < 1.29 is 40.7 Å². The molecular weight excluding hydrogens is 464 g/mol. The molecule has 0 aromatic heterocycles. The van der Waals surface area contributed by atoms with Crippen molar-refractivity contribution in [3.05, 3.63) is 59.2 Å². The molecule has 3 N–H and O–H groups in total. The second-order valence-corrected chi connectivity index (χ2v) is 7.84. The molecule has 3 amide bonds. The zero-order chi connectivity index (χ0) is 23.7. The third-order valence-electron chi connectivity index (χ3n) is 4.24. The Hall–Kier alpha value is -3.22. The van der Waals surface area contributed by atoms with Crippen LogP contribution >= 0.6 is 11.8 Å². The number of anilines is 1. The van der Waals surface area contributed by atoms with Gasteiger partial charge in [0.25, 0.3) is 5.91 Å². The first-order chi connectivity index (χ1) is 14.8. The maximum atomic E-state index is 12.9. The second-order valence-electron chi connectivity index (χ2n) is 6.59. The van der Waals surface area contributed by atoms with Crippen LogP contribution in [0.3, 0.4) is 0 Å². The summed E-state index contributed by atoms with van der Waals surface area (Å²) in [6.07, 6.45) is -10.6. The third-order valence-corrected chi connectivity index (χ3v) is 5.52. The van der Waals surface area contributed by atoms with E-state index in [0.717, 1.165) is 11.8 Å². The molecule has 1 aliphatic heterocycles. The summed E-state index contributed by atoms with van der Waals surface area (Å²) in [5.74, 6) is -2.72. The molecule has 170 valence electrons. The molecule has 0 aliphatic carbocycles. The molecule has 3 rings (SSSR count). The number of hydrogen-bond acceptors (Lipinski definition) is 4. The summed E-state index contributed by atoms with van der Waals surface area (Å²) in [5, 5.41) is 1.75. The van der Waals surface area contributed by atoms with Crippen molar-refractivity contribution in [1.29, 1.82) is 0 Å². The highest BCUT2D eigenvalue weighted by Gasteiger charge is 2.37. The van der Waals surface area contributed by atoms with E-state index in [1.54, 1.807) is 29.7 Å². The molecule has 1 aliphatic rings. The summed E-state index contributed by atoms with van der Waals surface area (Å²) in [4.78, 5) is 37.0. The van der Waals surface area contributed by atoms with Crippen molar-refractivity contribution in [2.45, 2.75) is 28.9 Å². The van der Waals surface area contributed by atoms with Gasteiger partial charge in [-0.15, -0.1) is 11.8 Å². The van der Waals surface area contributed by atoms with Gasteiger partial charge in [0, 0.05) is 16.9 Å². The number of fused-ring (bicyclic) bond motifs is 1. The number of rotatable bonds is 3. The highest BCUT2D eigenvalue weighted by Crippen LogP contribution is 2.37. The number of hydrogen-bond donors (Lipinski definition) is 3. The normalized spacial score (nSPS) is 16.1. The van der Waals surface area contributed by atoms with Gasteiger partial charge in [-0.1, -0.05) is 12.1 Å². The van der Waals surface area contributed by atoms with Crippen molar-refractivity contribution in [2.24, 2.45) is 0 Å². The first-order valence-corrected chi connectivity index (χ1v) is 9.68. The fourth-order valence-electron chi connectivity index (χ4n) is 2.73. The molecule has 0 saturated heterocycles. The number of amides is 3. The Balaban J connectivity index is 1.66. The standard InChI is InChI=1S/C19H13F6N3O3S/c20-18(21,22)10-5-9(6-11(7-10)19(23,24)25)16(30)28-27-15(29)8-14-17(31)26-12-3-1-2-4-13(12)32-14/h1-7,14H,8H2,(H,26,31)(H,27,29)(H,28,30). The summed E-state index contributed by atoms with van der Waals surface area (Å²) < 4.78 is 77.4. The van der Waals surface area contributed by atoms with Gasteiger partial charge in [0.05, 0.1) is 22.1 Å². The van der Waals surface area contributed by atoms with Crippen LogP contribution in [-0.2, 0) is 21.9 Å². The van der Waals surface area contributed by atoms with Crippen molar-refractivity contribution in [1.82, 2.24) is 10.9 Å². The average molecular weight is 477 g/mol. The lowest BCUT2D eigenvalue weighted by Gasteiger charge is -2.23. The van der Waals surface area contributed by atoms with Gasteiger partial charge < -0.3 is 5.32 Å². The topological polar surface area (TPSA) is 87.3 Å². The van der Waals surface area contributed by atoms with Gasteiger partial charge in [0.15, 0.2) is 0 Å². The molecule has 1 unspecified atom stereocenters. The van der Waals surface area contributed by atoms with Gasteiger partial charge in [-0.2, -0.15) is 26.3 Å². The lowest BCUT2D eigenvalue weighted by Crippen LogP contribution is -2.44. The molecule has 0 radical (unpaired) electrons. The highest BCUT2D eigenvalue weighted by molar-refractivity contribution is 8.01. The van der Waals surface area contributed by atoms with Gasteiger partial charge in [-0.25, -0.2) is 0 Å². The lowest BCUT2D eigenvalue weighted by molar-refractivity contribution is -0.143. The van der Waals surface area contributed by atoms with E-state index in [2.05, 4.69) is 5.32 Å². The quantitative estimate of drug-likeness (QED) is 0.461. The zero-order valence-corrected chi connectivity index (χ0v) is 16.5. The fourth-order valence-corrected chi connectivity index (χ4v) is 3.84. The average Bonchev–Trinajstić information content (AvgIpc) is 2.71. The monoisotopic (exact) mass is 477 g/mol. The minimum Gasteiger partial charge on any atom is -0.324 e. The molecule has 0 bridgehead atoms. The van der Waals surface area contributed by atoms with Gasteiger partial charge in [-0.05, 0) is 30.3 Å². The van der Waals surface area contributed by atoms with E-state index in [1.165, 1.54) is 0 Å². The summed E-state index contributed by atoms with van der Waals surface area (Å²) >= 11 is 1.10. The van der Waals surface area contributed by atoms with E-state index in [9.17, 15) is 40.7 Å². The number of alkyl halides is 6. The maximum Gasteiger partial charge on any atom is 0.416 e. The molecule has 6 nitrogen and oxygen atoms in total. The van der Waals surface area contributed by atoms with Crippen LogP contribution in [0, 0.1) is 0 Å². The van der Waals surface area contributed by atoms with Crippen LogP contribution in [0.2, 0.25) is 0 Å². The molecule has 0 spiro atoms. The SMILES string of the molecule is O=C(CC1Sc2ccccc2NC1=O)NNC(=O)c1cc(C(F)(F)F)cc(C(F)(F)F)c1. The van der Waals surface area contributed by atoms with Gasteiger partial charge in [0.2, 0.25) is 11.8 Å². The van der Waals surface area contributed by atoms with Crippen molar-refractivity contribution in [3.63, 3.8) is 0 Å². The van der Waals surface area contributed by atoms with E-state index in [1.807, 2.05) is 5.43 Å². The Morgan fingerprint density at radius 2 is 1.53 bits per heavy atom. The third kappa shape index (κ3) is 5.52. The molecule has 0 saturated carbocycles. The number of halogens is 6. The summed E-state index contributed by atoms with van der Waals surface area (Å²) in [5.41, 5.74) is -0.0627. The van der Waals surface area contributed by atoms with E-state index in [0.29, 0.717) is 10.6 Å². The van der Waals surface area contributed by atoms with Crippen molar-refractivity contribution in [3.8, 4) is 0 Å². The van der Waals surface area contributed by atoms with Crippen LogP contribution in [0.5, 0.6) is 0 Å². The molecule has 1 heterocycles. The van der Waals surface area contributed by atoms with E-state index >= 15 is 0 Å². The second kappa shape index (κ2) is 8.73. The predicted molar refractivity (Wildman–Crippen MR) is 101 cm³/mol. The molecule has 2 aromatic carbocycles. The number of thioether (sulfide) groups is 1. The van der Waals surface area contributed by atoms with Crippen molar-refractivity contribution in [2.75, 3.05) is 5.32 Å². The maximum absolute atomic E-state index is 12.9. The van der Waals surface area contributed by atoms with E-state index < -0.39 is 58.4 Å². The minimum atomic E-state index is -5.12. The van der Waals surface area contributed by atoms with Crippen molar-refractivity contribution >= 4 is 35.2 Å². The minimum absolute atomic E-state index is 0.119. The Morgan fingerprint density at radius 1 is 0.938 bits per heavy atom. The summed E-state index contributed by atoms with van der Waals surface area (Å²) in [7, 11) is 0. The smallest absolute Gasteiger partial charge is 0.324 e. The predicted octanol–water partition coefficient (Wildman–Crippen LogP) is 3.99. The number of nitrogens with one attached hydrogen (secondary N) is 3. The Labute approximate surface area is 180 Å². The van der Waals surface area contributed by atoms with Crippen LogP contribution in [0.15, 0.2) is 47.4 Å². The largest absolute Gasteiger partial charge is 0.416 e. The van der Waals surface area contributed by atoms with Gasteiger partial charge in [-0.3, -0.25) is 25.2 Å². The number of carbonyl (C=O) groups excluding carboxylic acids is 3. The van der Waals surface area contributed by atoms with E-state index in [-0.39, 0.29) is 18.2 Å². The number of carbonyl (C=O) groups is 3. The van der Waals surface area contributed by atoms with Crippen LogP contribution in [-0.4, -0.2) is 23.0 Å². The fraction of sp³-hybridized carbons (Fsp3) is 0.211. The molecule has 13 heteroatoms. The van der Waals surface area contributed by atoms with E-state index in [4.69, 9.17) is 0 Å². The highest BCUT2D eigenvalue weighted by atomic mass is 32.2. The van der Waals surface area contributed by atoms with Crippen LogP contribution < -0.4 is 16.2 Å². The number of benzene rings is 2. The molecule has 1 atom stereocenters. The Kier molecular flexibility index (Phi) is 6.39. The van der Waals surface area contributed by atoms with Crippen LogP contribution in [0.1, 0.15) is 27.9 Å². The van der Waals surface area contributed by atoms with Crippen LogP contribution in [0.4, 0.5) is 32.0 Å². The van der Waals surface area contributed by atoms with Gasteiger partial charge in [0.1, 0.15) is 0 Å². The Morgan fingerprint density at radius 3 is 2.12 bits per heavy atom.